The van der Waals surface area contributed by atoms with Gasteiger partial charge in [0.15, 0.2) is 45.9 Å². The minimum Gasteiger partial charge on any atom is -0.481 e. The van der Waals surface area contributed by atoms with Crippen LogP contribution in [-0.2, 0) is 0 Å². The molecule has 0 atom stereocenters. The Morgan fingerprint density at radius 3 is 1.59 bits per heavy atom. The fourth-order valence-electron chi connectivity index (χ4n) is 5.78. The van der Waals surface area contributed by atoms with E-state index in [1.165, 1.54) is 0 Å². The number of hydrogen-bond donors (Lipinski definition) is 2. The van der Waals surface area contributed by atoms with Crippen molar-refractivity contribution in [3.05, 3.63) is 48.5 Å². The van der Waals surface area contributed by atoms with Crippen LogP contribution < -0.4 is 21.7 Å². The highest BCUT2D eigenvalue weighted by Crippen LogP contribution is 2.37. The van der Waals surface area contributed by atoms with Crippen molar-refractivity contribution in [1.82, 2.24) is 54.8 Å². The molecule has 17 heteroatoms. The summed E-state index contributed by atoms with van der Waals surface area (Å²) >= 11 is 2.17. The van der Waals surface area contributed by atoms with Gasteiger partial charge in [0.2, 0.25) is 34.8 Å². The van der Waals surface area contributed by atoms with E-state index in [2.05, 4.69) is 32.8 Å². The van der Waals surface area contributed by atoms with Gasteiger partial charge in [-0.15, -0.1) is 0 Å². The van der Waals surface area contributed by atoms with Crippen LogP contribution in [0.4, 0.5) is 0 Å². The second-order valence-corrected chi connectivity index (χ2v) is 11.7. The largest absolute Gasteiger partial charge is 0.481 e. The molecule has 2 N–H and O–H groups in total. The van der Waals surface area contributed by atoms with Crippen molar-refractivity contribution in [3.8, 4) is 69.3 Å². The monoisotopic (exact) mass is 765 g/mol. The lowest BCUT2D eigenvalue weighted by Crippen LogP contribution is -2.22. The molecular formula is C32H22IN12O4+. The van der Waals surface area contributed by atoms with Crippen LogP contribution in [0.25, 0.3) is 90.2 Å². The predicted octanol–water partition coefficient (Wildman–Crippen LogP) is 4.57. The third kappa shape index (κ3) is 4.49. The van der Waals surface area contributed by atoms with Crippen molar-refractivity contribution in [2.24, 2.45) is 0 Å². The first-order valence-corrected chi connectivity index (χ1v) is 15.7. The van der Waals surface area contributed by atoms with E-state index in [0.29, 0.717) is 108 Å². The Labute approximate surface area is 289 Å². The number of aromatic amines is 2. The van der Waals surface area contributed by atoms with Crippen LogP contribution in [0.5, 0.6) is 23.5 Å². The average Bonchev–Trinajstić information content (AvgIpc) is 3.84. The standard InChI is InChI=1S/C32H21IN12O4/c1-46-17-9-5-13-21(34-17)28-38-25(13)39-29-22-15(7-11-18(35-22)47-2)27(42-29)43-32-24-16(8-12-20(37-24)49-4)31(45(32)33)44-30-23-14(26(40-28)41-30)6-10-19(36-23)48-3/h5-12H,1-4H3,(H,34,35,36,37,38,39,40,41,42,43,44)/p+1. The number of pyridine rings is 4. The number of methoxy groups -OCH3 is 4. The van der Waals surface area contributed by atoms with E-state index in [4.69, 9.17) is 63.8 Å². The van der Waals surface area contributed by atoms with Crippen LogP contribution in [0.2, 0.25) is 0 Å². The second kappa shape index (κ2) is 11.0. The van der Waals surface area contributed by atoms with Crippen LogP contribution in [0.1, 0.15) is 0 Å². The Bertz CT molecular complexity index is 2710. The van der Waals surface area contributed by atoms with E-state index in [0.717, 1.165) is 5.56 Å². The molecule has 2 aliphatic rings. The zero-order chi connectivity index (χ0) is 33.4. The van der Waals surface area contributed by atoms with Gasteiger partial charge in [-0.25, -0.2) is 34.9 Å². The van der Waals surface area contributed by atoms with Gasteiger partial charge in [-0.3, -0.25) is 0 Å². The Hall–Kier alpha value is -6.11. The fourth-order valence-corrected chi connectivity index (χ4v) is 6.48. The van der Waals surface area contributed by atoms with Gasteiger partial charge in [-0.05, 0) is 24.3 Å². The maximum atomic E-state index is 5.49. The number of nitrogens with one attached hydrogen (secondary N) is 2. The topological polar surface area (TPSA) is 188 Å². The summed E-state index contributed by atoms with van der Waals surface area (Å²) in [5.74, 6) is 3.41. The lowest BCUT2D eigenvalue weighted by atomic mass is 10.2. The van der Waals surface area contributed by atoms with Crippen molar-refractivity contribution in [2.75, 3.05) is 28.4 Å². The zero-order valence-corrected chi connectivity index (χ0v) is 28.3. The lowest BCUT2D eigenvalue weighted by molar-refractivity contribution is -0.416. The van der Waals surface area contributed by atoms with Gasteiger partial charge in [-0.2, -0.15) is 2.78 Å². The van der Waals surface area contributed by atoms with E-state index in [1.807, 2.05) is 27.0 Å². The van der Waals surface area contributed by atoms with Crippen molar-refractivity contribution in [3.63, 3.8) is 0 Å². The number of H-pyrrole nitrogens is 2. The SMILES string of the molecule is COc1ccc2c(n1)-c1nc-2nc2[nH]c(nc3[n+](I)c(nc4[nH]c(n1)c1ccc(OC)nc41)-c1ccc(OC)nc1-3)c1ccc(OC)nc21. The zero-order valence-electron chi connectivity index (χ0n) is 26.1. The molecular weight excluding hydrogens is 743 g/mol. The van der Waals surface area contributed by atoms with Gasteiger partial charge >= 0.3 is 5.82 Å². The van der Waals surface area contributed by atoms with E-state index in [9.17, 15) is 0 Å². The lowest BCUT2D eigenvalue weighted by Gasteiger charge is -2.01. The molecule has 0 saturated carbocycles. The molecule has 0 aromatic carbocycles. The normalized spacial score (nSPS) is 11.8. The van der Waals surface area contributed by atoms with Gasteiger partial charge in [0.1, 0.15) is 22.4 Å². The maximum Gasteiger partial charge on any atom is 0.301 e. The highest BCUT2D eigenvalue weighted by Gasteiger charge is 2.33. The molecule has 0 aliphatic carbocycles. The molecule has 9 heterocycles. The Balaban J connectivity index is 1.50. The molecule has 0 fully saturated rings. The maximum absolute atomic E-state index is 5.49. The number of halogens is 1. The highest BCUT2D eigenvalue weighted by molar-refractivity contribution is 14.1. The van der Waals surface area contributed by atoms with Gasteiger partial charge < -0.3 is 28.9 Å². The average molecular weight is 766 g/mol. The number of aromatic nitrogens is 12. The van der Waals surface area contributed by atoms with Gasteiger partial charge in [0, 0.05) is 35.2 Å². The Kier molecular flexibility index (Phi) is 6.51. The van der Waals surface area contributed by atoms with Crippen molar-refractivity contribution >= 4 is 67.3 Å². The third-order valence-electron chi connectivity index (χ3n) is 8.11. The minimum absolute atomic E-state index is 0.317. The second-order valence-electron chi connectivity index (χ2n) is 10.8. The molecule has 9 rings (SSSR count). The first-order chi connectivity index (χ1) is 24.0. The van der Waals surface area contributed by atoms with Crippen LogP contribution >= 0.6 is 22.9 Å². The number of fused-ring (bicyclic) bond motifs is 20. The van der Waals surface area contributed by atoms with Crippen LogP contribution in [-0.4, -0.2) is 83.3 Å². The predicted molar refractivity (Wildman–Crippen MR) is 185 cm³/mol. The smallest absolute Gasteiger partial charge is 0.301 e. The van der Waals surface area contributed by atoms with Crippen molar-refractivity contribution < 1.29 is 21.7 Å². The molecule has 0 saturated heterocycles. The summed E-state index contributed by atoms with van der Waals surface area (Å²) in [4.78, 5) is 50.6. The third-order valence-corrected chi connectivity index (χ3v) is 9.02. The van der Waals surface area contributed by atoms with E-state index in [1.54, 1.807) is 52.7 Å². The van der Waals surface area contributed by atoms with Crippen molar-refractivity contribution in [1.29, 1.82) is 0 Å². The van der Waals surface area contributed by atoms with Gasteiger partial charge in [0.05, 0.1) is 39.4 Å². The Morgan fingerprint density at radius 1 is 0.469 bits per heavy atom. The summed E-state index contributed by atoms with van der Waals surface area (Å²) in [5, 5.41) is 1.39. The summed E-state index contributed by atoms with van der Waals surface area (Å²) in [6.07, 6.45) is 0. The first-order valence-electron chi connectivity index (χ1n) is 14.7. The fraction of sp³-hybridized carbons (Fsp3) is 0.125. The van der Waals surface area contributed by atoms with Crippen LogP contribution in [0.15, 0.2) is 48.5 Å². The van der Waals surface area contributed by atoms with Crippen LogP contribution in [0, 0.1) is 0 Å². The van der Waals surface area contributed by atoms with E-state index in [-0.39, 0.29) is 0 Å². The van der Waals surface area contributed by atoms with Gasteiger partial charge in [0.25, 0.3) is 5.82 Å². The summed E-state index contributed by atoms with van der Waals surface area (Å²) in [5.41, 5.74) is 5.32. The molecule has 0 amide bonds. The quantitative estimate of drug-likeness (QED) is 0.237. The summed E-state index contributed by atoms with van der Waals surface area (Å²) in [6.45, 7) is 0. The van der Waals surface area contributed by atoms with Crippen LogP contribution in [0.3, 0.4) is 0 Å². The molecule has 0 spiro atoms. The summed E-state index contributed by atoms with van der Waals surface area (Å²) in [7, 11) is 6.24. The summed E-state index contributed by atoms with van der Waals surface area (Å²) < 4.78 is 23.7. The van der Waals surface area contributed by atoms with Gasteiger partial charge in [-0.1, -0.05) is 9.97 Å². The molecule has 8 bridgehead atoms. The molecule has 7 aromatic heterocycles. The number of nitrogens with zero attached hydrogens (tertiary/aromatic N) is 10. The minimum atomic E-state index is 0.317. The van der Waals surface area contributed by atoms with Crippen molar-refractivity contribution in [2.45, 2.75) is 0 Å². The molecule has 2 aliphatic heterocycles. The number of hydrogen-bond acceptors (Lipinski definition) is 13. The Morgan fingerprint density at radius 2 is 0.959 bits per heavy atom. The van der Waals surface area contributed by atoms with E-state index < -0.39 is 0 Å². The first kappa shape index (κ1) is 29.1. The molecule has 16 nitrogen and oxygen atoms in total. The molecule has 240 valence electrons. The number of rotatable bonds is 4. The molecule has 49 heavy (non-hydrogen) atoms. The van der Waals surface area contributed by atoms with E-state index >= 15 is 0 Å². The molecule has 0 unspecified atom stereocenters. The highest BCUT2D eigenvalue weighted by atomic mass is 127. The molecule has 0 radical (unpaired) electrons. The summed E-state index contributed by atoms with van der Waals surface area (Å²) in [6, 6.07) is 14.5. The molecule has 7 aromatic rings. The number of ether oxygens (including phenoxy) is 4.